The summed E-state index contributed by atoms with van der Waals surface area (Å²) in [6, 6.07) is 12.0. The number of rotatable bonds is 2. The van der Waals surface area contributed by atoms with Crippen LogP contribution in [0.4, 0.5) is 13.2 Å². The van der Waals surface area contributed by atoms with Crippen LogP contribution in [-0.2, 0) is 5.41 Å². The van der Waals surface area contributed by atoms with Crippen molar-refractivity contribution >= 4 is 29.2 Å². The molecule has 20 heavy (non-hydrogen) atoms. The Kier molecular flexibility index (Phi) is 4.01. The van der Waals surface area contributed by atoms with E-state index in [9.17, 15) is 13.2 Å². The smallest absolute Gasteiger partial charge is 0.170 e. The minimum atomic E-state index is -4.41. The molecule has 0 saturated heterocycles. The van der Waals surface area contributed by atoms with Gasteiger partial charge in [0, 0.05) is 4.47 Å². The molecule has 0 aliphatic carbocycles. The zero-order valence-electron chi connectivity index (χ0n) is 10.7. The van der Waals surface area contributed by atoms with Crippen molar-refractivity contribution in [1.82, 2.24) is 0 Å². The molecule has 0 saturated carbocycles. The zero-order valence-corrected chi connectivity index (χ0v) is 12.3. The fourth-order valence-electron chi connectivity index (χ4n) is 2.09. The summed E-state index contributed by atoms with van der Waals surface area (Å²) in [6.45, 7) is 1.18. The van der Waals surface area contributed by atoms with E-state index in [2.05, 4.69) is 15.9 Å². The summed E-state index contributed by atoms with van der Waals surface area (Å²) in [7, 11) is 5.55. The summed E-state index contributed by atoms with van der Waals surface area (Å²) in [5.41, 5.74) is -1.27. The molecule has 0 nitrogen and oxygen atoms in total. The molecular weight excluding hydrogens is 328 g/mol. The summed E-state index contributed by atoms with van der Waals surface area (Å²) in [6.07, 6.45) is -4.41. The zero-order chi connectivity index (χ0) is 15.0. The Morgan fingerprint density at radius 1 is 0.850 bits per heavy atom. The second kappa shape index (κ2) is 5.28. The van der Waals surface area contributed by atoms with E-state index in [-0.39, 0.29) is 11.1 Å². The van der Waals surface area contributed by atoms with Crippen molar-refractivity contribution in [2.75, 3.05) is 0 Å². The maximum Gasteiger partial charge on any atom is 0.402 e. The van der Waals surface area contributed by atoms with Crippen molar-refractivity contribution in [3.8, 4) is 0 Å². The quantitative estimate of drug-likeness (QED) is 0.723. The topological polar surface area (TPSA) is 0 Å². The van der Waals surface area contributed by atoms with E-state index in [1.165, 1.54) is 43.3 Å². The number of benzene rings is 2. The first-order valence-corrected chi connectivity index (χ1v) is 6.73. The van der Waals surface area contributed by atoms with Crippen molar-refractivity contribution in [3.05, 3.63) is 64.1 Å². The molecule has 0 aliphatic heterocycles. The van der Waals surface area contributed by atoms with Crippen molar-refractivity contribution < 1.29 is 13.2 Å². The SMILES string of the molecule is [B]c1ccc(C(C)(c2ccc(Br)cc2)C(F)(F)F)cc1. The Balaban J connectivity index is 2.62. The van der Waals surface area contributed by atoms with Gasteiger partial charge in [-0.3, -0.25) is 0 Å². The van der Waals surface area contributed by atoms with Crippen LogP contribution in [-0.4, -0.2) is 14.0 Å². The predicted molar refractivity (Wildman–Crippen MR) is 78.5 cm³/mol. The van der Waals surface area contributed by atoms with Crippen LogP contribution in [0.1, 0.15) is 18.1 Å². The normalized spacial score (nSPS) is 14.8. The molecule has 0 aromatic heterocycles. The van der Waals surface area contributed by atoms with Crippen LogP contribution in [0.3, 0.4) is 0 Å². The standard InChI is InChI=1S/C15H11BBrF3/c1-14(15(18,19)20,10-2-6-12(16)7-3-10)11-4-8-13(17)9-5-11/h2-9H,1H3. The molecule has 5 heteroatoms. The first-order valence-electron chi connectivity index (χ1n) is 5.94. The Morgan fingerprint density at radius 3 is 1.65 bits per heavy atom. The van der Waals surface area contributed by atoms with Gasteiger partial charge in [0.15, 0.2) is 0 Å². The highest BCUT2D eigenvalue weighted by Crippen LogP contribution is 2.45. The summed E-state index contributed by atoms with van der Waals surface area (Å²) < 4.78 is 41.6. The van der Waals surface area contributed by atoms with Crippen LogP contribution < -0.4 is 5.46 Å². The summed E-state index contributed by atoms with van der Waals surface area (Å²) in [5.74, 6) is 0. The molecule has 1 unspecified atom stereocenters. The number of hydrogen-bond acceptors (Lipinski definition) is 0. The summed E-state index contributed by atoms with van der Waals surface area (Å²) in [5, 5.41) is 0. The van der Waals surface area contributed by atoms with Crippen molar-refractivity contribution in [2.45, 2.75) is 18.5 Å². The van der Waals surface area contributed by atoms with Gasteiger partial charge in [0.05, 0.1) is 0 Å². The van der Waals surface area contributed by atoms with Crippen LogP contribution >= 0.6 is 15.9 Å². The molecule has 2 aromatic carbocycles. The monoisotopic (exact) mass is 338 g/mol. The molecule has 2 rings (SSSR count). The van der Waals surface area contributed by atoms with E-state index in [0.717, 1.165) is 4.47 Å². The van der Waals surface area contributed by atoms with E-state index >= 15 is 0 Å². The minimum Gasteiger partial charge on any atom is -0.170 e. The second-order valence-electron chi connectivity index (χ2n) is 4.75. The Bertz CT molecular complexity index is 543. The lowest BCUT2D eigenvalue weighted by Gasteiger charge is -2.33. The lowest BCUT2D eigenvalue weighted by Crippen LogP contribution is -2.40. The van der Waals surface area contributed by atoms with Crippen LogP contribution in [0.15, 0.2) is 53.0 Å². The molecule has 2 aromatic rings. The van der Waals surface area contributed by atoms with E-state index in [4.69, 9.17) is 7.85 Å². The van der Waals surface area contributed by atoms with Crippen LogP contribution in [0.2, 0.25) is 0 Å². The average molecular weight is 339 g/mol. The highest BCUT2D eigenvalue weighted by atomic mass is 79.9. The van der Waals surface area contributed by atoms with Gasteiger partial charge < -0.3 is 0 Å². The highest BCUT2D eigenvalue weighted by Gasteiger charge is 2.53. The summed E-state index contributed by atoms with van der Waals surface area (Å²) >= 11 is 3.23. The van der Waals surface area contributed by atoms with E-state index in [1.54, 1.807) is 12.1 Å². The third kappa shape index (κ3) is 2.64. The van der Waals surface area contributed by atoms with Gasteiger partial charge in [-0.15, -0.1) is 0 Å². The van der Waals surface area contributed by atoms with Gasteiger partial charge >= 0.3 is 6.18 Å². The highest BCUT2D eigenvalue weighted by molar-refractivity contribution is 9.10. The minimum absolute atomic E-state index is 0.168. The fourth-order valence-corrected chi connectivity index (χ4v) is 2.36. The van der Waals surface area contributed by atoms with Crippen LogP contribution in [0.25, 0.3) is 0 Å². The number of alkyl halides is 3. The van der Waals surface area contributed by atoms with Gasteiger partial charge in [-0.25, -0.2) is 0 Å². The van der Waals surface area contributed by atoms with Gasteiger partial charge in [0.1, 0.15) is 13.3 Å². The van der Waals surface area contributed by atoms with Gasteiger partial charge in [-0.05, 0) is 30.2 Å². The van der Waals surface area contributed by atoms with Gasteiger partial charge in [0.25, 0.3) is 0 Å². The first-order chi connectivity index (χ1) is 9.25. The molecule has 2 radical (unpaired) electrons. The molecule has 0 aliphatic rings. The van der Waals surface area contributed by atoms with E-state index in [0.29, 0.717) is 5.46 Å². The lowest BCUT2D eigenvalue weighted by molar-refractivity contribution is -0.173. The van der Waals surface area contributed by atoms with E-state index < -0.39 is 11.6 Å². The molecule has 1 atom stereocenters. The third-order valence-corrected chi connectivity index (χ3v) is 4.01. The maximum atomic E-state index is 13.6. The molecular formula is C15H11BBrF3. The van der Waals surface area contributed by atoms with Crippen molar-refractivity contribution in [3.63, 3.8) is 0 Å². The number of halogens is 4. The van der Waals surface area contributed by atoms with Gasteiger partial charge in [-0.2, -0.15) is 13.2 Å². The molecule has 0 N–H and O–H groups in total. The largest absolute Gasteiger partial charge is 0.402 e. The molecule has 0 bridgehead atoms. The maximum absolute atomic E-state index is 13.6. The molecule has 0 spiro atoms. The third-order valence-electron chi connectivity index (χ3n) is 3.48. The fraction of sp³-hybridized carbons (Fsp3) is 0.200. The predicted octanol–water partition coefficient (Wildman–Crippen LogP) is 4.11. The average Bonchev–Trinajstić information content (AvgIpc) is 2.38. The molecule has 0 fully saturated rings. The van der Waals surface area contributed by atoms with Crippen LogP contribution in [0, 0.1) is 0 Å². The summed E-state index contributed by atoms with van der Waals surface area (Å²) in [4.78, 5) is 0. The lowest BCUT2D eigenvalue weighted by atomic mass is 9.75. The van der Waals surface area contributed by atoms with Gasteiger partial charge in [-0.1, -0.05) is 57.8 Å². The Morgan fingerprint density at radius 2 is 1.25 bits per heavy atom. The Labute approximate surface area is 125 Å². The molecule has 0 amide bonds. The second-order valence-corrected chi connectivity index (χ2v) is 5.67. The first kappa shape index (κ1) is 15.2. The van der Waals surface area contributed by atoms with Gasteiger partial charge in [0.2, 0.25) is 0 Å². The van der Waals surface area contributed by atoms with Crippen molar-refractivity contribution in [2.24, 2.45) is 0 Å². The van der Waals surface area contributed by atoms with Crippen LogP contribution in [0.5, 0.6) is 0 Å². The number of hydrogen-bond donors (Lipinski definition) is 0. The Hall–Kier alpha value is -1.23. The molecule has 0 heterocycles. The van der Waals surface area contributed by atoms with E-state index in [1.807, 2.05) is 0 Å². The molecule has 102 valence electrons. The van der Waals surface area contributed by atoms with Crippen molar-refractivity contribution in [1.29, 1.82) is 0 Å².